The molecule has 2 heterocycles. The summed E-state index contributed by atoms with van der Waals surface area (Å²) < 4.78 is 2.03. The van der Waals surface area contributed by atoms with E-state index >= 15 is 0 Å². The van der Waals surface area contributed by atoms with Crippen LogP contribution in [0.25, 0.3) is 17.1 Å². The average Bonchev–Trinajstić information content (AvgIpc) is 3.19. The molecule has 1 aliphatic heterocycles. The Bertz CT molecular complexity index is 1000. The third-order valence-corrected chi connectivity index (χ3v) is 4.21. The summed E-state index contributed by atoms with van der Waals surface area (Å²) in [5.74, 6) is 0.493. The molecule has 0 radical (unpaired) electrons. The van der Waals surface area contributed by atoms with Crippen molar-refractivity contribution in [1.29, 1.82) is 0 Å². The Morgan fingerprint density at radius 3 is 2.64 bits per heavy atom. The second kappa shape index (κ2) is 5.86. The van der Waals surface area contributed by atoms with E-state index in [2.05, 4.69) is 4.98 Å². The number of benzene rings is 2. The van der Waals surface area contributed by atoms with E-state index in [1.54, 1.807) is 23.1 Å². The molecule has 4 rings (SSSR count). The summed E-state index contributed by atoms with van der Waals surface area (Å²) >= 11 is 0. The first-order chi connectivity index (χ1) is 12.1. The minimum absolute atomic E-state index is 0.0248. The quantitative estimate of drug-likeness (QED) is 0.419. The van der Waals surface area contributed by atoms with E-state index in [1.165, 1.54) is 18.2 Å². The third kappa shape index (κ3) is 2.65. The molecule has 0 saturated heterocycles. The van der Waals surface area contributed by atoms with Gasteiger partial charge in [-0.25, -0.2) is 4.98 Å². The van der Waals surface area contributed by atoms with Crippen molar-refractivity contribution in [2.24, 2.45) is 0 Å². The van der Waals surface area contributed by atoms with Crippen LogP contribution in [0, 0.1) is 10.1 Å². The molecule has 0 N–H and O–H groups in total. The minimum Gasteiger partial charge on any atom is -0.308 e. The molecule has 0 saturated carbocycles. The Hall–Kier alpha value is -3.48. The number of nitro groups is 1. The molecular weight excluding hydrogens is 320 g/mol. The van der Waals surface area contributed by atoms with Gasteiger partial charge in [0.2, 0.25) is 5.95 Å². The van der Waals surface area contributed by atoms with Crippen molar-refractivity contribution >= 4 is 34.7 Å². The molecule has 124 valence electrons. The first kappa shape index (κ1) is 15.1. The lowest BCUT2D eigenvalue weighted by atomic mass is 10.2. The summed E-state index contributed by atoms with van der Waals surface area (Å²) in [6.45, 7) is 1.30. The summed E-state index contributed by atoms with van der Waals surface area (Å²) in [5, 5.41) is 10.7. The van der Waals surface area contributed by atoms with Crippen molar-refractivity contribution in [3.05, 3.63) is 70.3 Å². The summed E-state index contributed by atoms with van der Waals surface area (Å²) in [4.78, 5) is 28.9. The average molecular weight is 334 g/mol. The van der Waals surface area contributed by atoms with Crippen LogP contribution < -0.4 is 4.90 Å². The highest BCUT2D eigenvalue weighted by Crippen LogP contribution is 2.27. The van der Waals surface area contributed by atoms with Crippen LogP contribution in [0.3, 0.4) is 0 Å². The topological polar surface area (TPSA) is 81.3 Å². The molecule has 0 bridgehead atoms. The molecule has 1 aromatic heterocycles. The molecule has 1 amide bonds. The number of anilines is 1. The van der Waals surface area contributed by atoms with Gasteiger partial charge < -0.3 is 4.57 Å². The number of fused-ring (bicyclic) bond motifs is 3. The van der Waals surface area contributed by atoms with Crippen LogP contribution in [0.1, 0.15) is 5.56 Å². The maximum absolute atomic E-state index is 12.5. The number of amides is 1. The van der Waals surface area contributed by atoms with Crippen LogP contribution in [0.2, 0.25) is 0 Å². The standard InChI is InChI=1S/C18H14N4O3/c23-17(10-7-13-5-8-14(9-6-13)22(24)25)21-12-11-20-16-4-2-1-3-15(16)19-18(20)21/h1-10H,11-12H2/b10-7+. The Morgan fingerprint density at radius 2 is 1.88 bits per heavy atom. The lowest BCUT2D eigenvalue weighted by molar-refractivity contribution is -0.384. The van der Waals surface area contributed by atoms with E-state index in [0.717, 1.165) is 16.6 Å². The number of nitrogens with zero attached hydrogens (tertiary/aromatic N) is 4. The molecule has 0 aliphatic carbocycles. The van der Waals surface area contributed by atoms with Crippen LogP contribution in [-0.4, -0.2) is 26.9 Å². The fraction of sp³-hybridized carbons (Fsp3) is 0.111. The normalized spacial score (nSPS) is 13.5. The number of non-ortho nitro benzene ring substituents is 1. The lowest BCUT2D eigenvalue weighted by Gasteiger charge is -2.10. The third-order valence-electron chi connectivity index (χ3n) is 4.21. The summed E-state index contributed by atoms with van der Waals surface area (Å²) in [5.41, 5.74) is 2.64. The summed E-state index contributed by atoms with van der Waals surface area (Å²) in [6, 6.07) is 13.9. The van der Waals surface area contributed by atoms with Gasteiger partial charge in [-0.3, -0.25) is 19.8 Å². The van der Waals surface area contributed by atoms with E-state index in [9.17, 15) is 14.9 Å². The molecule has 0 spiro atoms. The molecule has 0 atom stereocenters. The zero-order valence-corrected chi connectivity index (χ0v) is 13.2. The van der Waals surface area contributed by atoms with Gasteiger partial charge in [0.25, 0.3) is 11.6 Å². The number of hydrogen-bond donors (Lipinski definition) is 0. The van der Waals surface area contributed by atoms with Crippen LogP contribution in [0.15, 0.2) is 54.6 Å². The van der Waals surface area contributed by atoms with E-state index in [4.69, 9.17) is 0 Å². The summed E-state index contributed by atoms with van der Waals surface area (Å²) in [7, 11) is 0. The van der Waals surface area contributed by atoms with Crippen molar-refractivity contribution in [3.8, 4) is 0 Å². The van der Waals surface area contributed by atoms with Crippen LogP contribution in [0.5, 0.6) is 0 Å². The smallest absolute Gasteiger partial charge is 0.269 e. The largest absolute Gasteiger partial charge is 0.308 e. The fourth-order valence-electron chi connectivity index (χ4n) is 2.96. The molecule has 1 aliphatic rings. The van der Waals surface area contributed by atoms with Gasteiger partial charge in [0.15, 0.2) is 0 Å². The number of imidazole rings is 1. The van der Waals surface area contributed by atoms with E-state index in [0.29, 0.717) is 19.0 Å². The molecule has 3 aromatic rings. The van der Waals surface area contributed by atoms with Crippen molar-refractivity contribution in [3.63, 3.8) is 0 Å². The zero-order chi connectivity index (χ0) is 17.4. The van der Waals surface area contributed by atoms with Crippen molar-refractivity contribution in [1.82, 2.24) is 9.55 Å². The second-order valence-electron chi connectivity index (χ2n) is 5.72. The predicted molar refractivity (Wildman–Crippen MR) is 94.2 cm³/mol. The molecule has 7 nitrogen and oxygen atoms in total. The van der Waals surface area contributed by atoms with E-state index in [1.807, 2.05) is 28.8 Å². The van der Waals surface area contributed by atoms with Gasteiger partial charge in [0.1, 0.15) is 0 Å². The van der Waals surface area contributed by atoms with Crippen LogP contribution >= 0.6 is 0 Å². The van der Waals surface area contributed by atoms with Gasteiger partial charge in [-0.1, -0.05) is 12.1 Å². The zero-order valence-electron chi connectivity index (χ0n) is 13.2. The number of carbonyl (C=O) groups excluding carboxylic acids is 1. The first-order valence-electron chi connectivity index (χ1n) is 7.83. The van der Waals surface area contributed by atoms with Crippen LogP contribution in [-0.2, 0) is 11.3 Å². The Morgan fingerprint density at radius 1 is 1.12 bits per heavy atom. The Balaban J connectivity index is 1.55. The number of hydrogen-bond acceptors (Lipinski definition) is 4. The highest BCUT2D eigenvalue weighted by Gasteiger charge is 2.26. The summed E-state index contributed by atoms with van der Waals surface area (Å²) in [6.07, 6.45) is 3.12. The maximum Gasteiger partial charge on any atom is 0.269 e. The number of para-hydroxylation sites is 2. The number of nitro benzene ring substituents is 1. The van der Waals surface area contributed by atoms with Crippen molar-refractivity contribution in [2.75, 3.05) is 11.4 Å². The minimum atomic E-state index is -0.451. The fourth-order valence-corrected chi connectivity index (χ4v) is 2.96. The Labute approximate surface area is 143 Å². The molecule has 25 heavy (non-hydrogen) atoms. The van der Waals surface area contributed by atoms with Crippen LogP contribution in [0.4, 0.5) is 11.6 Å². The van der Waals surface area contributed by atoms with Gasteiger partial charge in [-0.05, 0) is 35.9 Å². The molecule has 2 aromatic carbocycles. The van der Waals surface area contributed by atoms with Gasteiger partial charge in [-0.15, -0.1) is 0 Å². The van der Waals surface area contributed by atoms with Gasteiger partial charge in [-0.2, -0.15) is 0 Å². The Kier molecular flexibility index (Phi) is 3.53. The number of rotatable bonds is 3. The second-order valence-corrected chi connectivity index (χ2v) is 5.72. The predicted octanol–water partition coefficient (Wildman–Crippen LogP) is 3.00. The molecule has 7 heteroatoms. The monoisotopic (exact) mass is 334 g/mol. The van der Waals surface area contributed by atoms with E-state index < -0.39 is 4.92 Å². The number of carbonyl (C=O) groups is 1. The molecule has 0 fully saturated rings. The molecule has 0 unspecified atom stereocenters. The highest BCUT2D eigenvalue weighted by molar-refractivity contribution is 6.04. The maximum atomic E-state index is 12.5. The van der Waals surface area contributed by atoms with Crippen molar-refractivity contribution in [2.45, 2.75) is 6.54 Å². The lowest BCUT2D eigenvalue weighted by Crippen LogP contribution is -2.27. The first-order valence-corrected chi connectivity index (χ1v) is 7.83. The van der Waals surface area contributed by atoms with Gasteiger partial charge in [0, 0.05) is 31.3 Å². The number of aromatic nitrogens is 2. The SMILES string of the molecule is O=C(/C=C/c1ccc([N+](=O)[O-])cc1)N1CCn2c1nc1ccccc12. The van der Waals surface area contributed by atoms with E-state index in [-0.39, 0.29) is 11.6 Å². The molecular formula is C18H14N4O3. The van der Waals surface area contributed by atoms with Gasteiger partial charge >= 0.3 is 0 Å². The van der Waals surface area contributed by atoms with Crippen molar-refractivity contribution < 1.29 is 9.72 Å². The highest BCUT2D eigenvalue weighted by atomic mass is 16.6. The van der Waals surface area contributed by atoms with Gasteiger partial charge in [0.05, 0.1) is 16.0 Å².